The summed E-state index contributed by atoms with van der Waals surface area (Å²) in [5.74, 6) is 0. The number of aromatic nitrogens is 1. The molecule has 0 aliphatic rings. The third-order valence-electron chi connectivity index (χ3n) is 1.95. The molecule has 15 heavy (non-hydrogen) atoms. The van der Waals surface area contributed by atoms with E-state index in [2.05, 4.69) is 37.7 Å². The molecule has 5 heteroatoms. The average Bonchev–Trinajstić information content (AvgIpc) is 2.70. The van der Waals surface area contributed by atoms with Crippen LogP contribution in [0.3, 0.4) is 0 Å². The van der Waals surface area contributed by atoms with Crippen molar-refractivity contribution >= 4 is 38.6 Å². The number of nitrogens with zero attached hydrogens (tertiary/aromatic N) is 1. The van der Waals surface area contributed by atoms with Crippen molar-refractivity contribution in [2.75, 3.05) is 11.1 Å². The Morgan fingerprint density at radius 3 is 3.00 bits per heavy atom. The standard InChI is InChI=1S/C10H10BrN3S/c11-8-5-13-6-9(12)10(8)14-4-7-2-1-3-15-7/h1-3,5-6H,4,12H2,(H,13,14). The minimum absolute atomic E-state index is 0.654. The number of nitrogens with one attached hydrogen (secondary N) is 1. The van der Waals surface area contributed by atoms with E-state index in [1.54, 1.807) is 23.7 Å². The molecule has 0 saturated heterocycles. The van der Waals surface area contributed by atoms with Crippen LogP contribution in [0.4, 0.5) is 11.4 Å². The van der Waals surface area contributed by atoms with E-state index in [4.69, 9.17) is 5.73 Å². The van der Waals surface area contributed by atoms with Gasteiger partial charge in [-0.3, -0.25) is 4.98 Å². The first-order chi connectivity index (χ1) is 7.27. The molecule has 0 fully saturated rings. The molecule has 0 radical (unpaired) electrons. The molecule has 0 unspecified atom stereocenters. The van der Waals surface area contributed by atoms with E-state index in [9.17, 15) is 0 Å². The summed E-state index contributed by atoms with van der Waals surface area (Å²) < 4.78 is 0.888. The molecule has 2 heterocycles. The largest absolute Gasteiger partial charge is 0.396 e. The van der Waals surface area contributed by atoms with Crippen LogP contribution in [0.5, 0.6) is 0 Å². The predicted octanol–water partition coefficient (Wildman–Crippen LogP) is 3.10. The maximum atomic E-state index is 5.81. The molecule has 78 valence electrons. The Hall–Kier alpha value is -1.07. The molecule has 2 rings (SSSR count). The molecule has 2 aromatic heterocycles. The lowest BCUT2D eigenvalue weighted by Crippen LogP contribution is -2.02. The number of anilines is 2. The maximum absolute atomic E-state index is 5.81. The van der Waals surface area contributed by atoms with Crippen molar-refractivity contribution < 1.29 is 0 Å². The first-order valence-corrected chi connectivity index (χ1v) is 6.10. The average molecular weight is 284 g/mol. The Balaban J connectivity index is 2.11. The third-order valence-corrected chi connectivity index (χ3v) is 3.43. The summed E-state index contributed by atoms with van der Waals surface area (Å²) >= 11 is 5.13. The third kappa shape index (κ3) is 2.49. The van der Waals surface area contributed by atoms with E-state index in [1.165, 1.54) is 4.88 Å². The van der Waals surface area contributed by atoms with Gasteiger partial charge in [0.15, 0.2) is 0 Å². The van der Waals surface area contributed by atoms with Gasteiger partial charge >= 0.3 is 0 Å². The minimum Gasteiger partial charge on any atom is -0.396 e. The van der Waals surface area contributed by atoms with Crippen molar-refractivity contribution in [1.82, 2.24) is 4.98 Å². The molecule has 0 bridgehead atoms. The van der Waals surface area contributed by atoms with Gasteiger partial charge in [0.05, 0.1) is 22.0 Å². The van der Waals surface area contributed by atoms with Crippen molar-refractivity contribution in [2.24, 2.45) is 0 Å². The van der Waals surface area contributed by atoms with Crippen molar-refractivity contribution in [3.05, 3.63) is 39.3 Å². The van der Waals surface area contributed by atoms with Gasteiger partial charge in [0.1, 0.15) is 0 Å². The first-order valence-electron chi connectivity index (χ1n) is 4.42. The zero-order valence-corrected chi connectivity index (χ0v) is 10.3. The lowest BCUT2D eigenvalue weighted by atomic mass is 10.3. The highest BCUT2D eigenvalue weighted by Crippen LogP contribution is 2.27. The van der Waals surface area contributed by atoms with Crippen LogP contribution in [-0.4, -0.2) is 4.98 Å². The topological polar surface area (TPSA) is 50.9 Å². The first kappa shape index (κ1) is 10.4. The normalized spacial score (nSPS) is 10.2. The van der Waals surface area contributed by atoms with E-state index >= 15 is 0 Å². The lowest BCUT2D eigenvalue weighted by molar-refractivity contribution is 1.18. The van der Waals surface area contributed by atoms with Gasteiger partial charge in [-0.25, -0.2) is 0 Å². The van der Waals surface area contributed by atoms with E-state index < -0.39 is 0 Å². The van der Waals surface area contributed by atoms with Crippen LogP contribution in [0.1, 0.15) is 4.88 Å². The second-order valence-electron chi connectivity index (χ2n) is 3.02. The fourth-order valence-electron chi connectivity index (χ4n) is 1.23. The van der Waals surface area contributed by atoms with Crippen LogP contribution in [0.2, 0.25) is 0 Å². The summed E-state index contributed by atoms with van der Waals surface area (Å²) in [5.41, 5.74) is 7.36. The Labute approximate surface area is 100 Å². The summed E-state index contributed by atoms with van der Waals surface area (Å²) in [5, 5.41) is 5.34. The quantitative estimate of drug-likeness (QED) is 0.910. The molecule has 0 aromatic carbocycles. The van der Waals surface area contributed by atoms with E-state index in [0.29, 0.717) is 5.69 Å². The zero-order chi connectivity index (χ0) is 10.7. The molecule has 0 saturated carbocycles. The van der Waals surface area contributed by atoms with Crippen LogP contribution in [-0.2, 0) is 6.54 Å². The highest BCUT2D eigenvalue weighted by atomic mass is 79.9. The van der Waals surface area contributed by atoms with Crippen LogP contribution in [0.15, 0.2) is 34.4 Å². The Bertz CT molecular complexity index is 422. The predicted molar refractivity (Wildman–Crippen MR) is 68.0 cm³/mol. The van der Waals surface area contributed by atoms with Gasteiger partial charge in [-0.1, -0.05) is 6.07 Å². The molecule has 3 N–H and O–H groups in total. The van der Waals surface area contributed by atoms with Crippen LogP contribution in [0.25, 0.3) is 0 Å². The second kappa shape index (κ2) is 4.63. The van der Waals surface area contributed by atoms with Crippen LogP contribution < -0.4 is 11.1 Å². The van der Waals surface area contributed by atoms with Gasteiger partial charge in [-0.15, -0.1) is 11.3 Å². The maximum Gasteiger partial charge on any atom is 0.0752 e. The van der Waals surface area contributed by atoms with Crippen molar-refractivity contribution in [2.45, 2.75) is 6.54 Å². The number of pyridine rings is 1. The van der Waals surface area contributed by atoms with Crippen LogP contribution >= 0.6 is 27.3 Å². The minimum atomic E-state index is 0.654. The van der Waals surface area contributed by atoms with Gasteiger partial charge in [0.25, 0.3) is 0 Å². The Morgan fingerprint density at radius 2 is 2.33 bits per heavy atom. The van der Waals surface area contributed by atoms with Gasteiger partial charge in [-0.05, 0) is 27.4 Å². The number of rotatable bonds is 3. The summed E-state index contributed by atoms with van der Waals surface area (Å²) in [7, 11) is 0. The highest BCUT2D eigenvalue weighted by molar-refractivity contribution is 9.10. The van der Waals surface area contributed by atoms with Crippen molar-refractivity contribution in [3.8, 4) is 0 Å². The fourth-order valence-corrected chi connectivity index (χ4v) is 2.36. The fraction of sp³-hybridized carbons (Fsp3) is 0.100. The van der Waals surface area contributed by atoms with Gasteiger partial charge in [-0.2, -0.15) is 0 Å². The summed E-state index contributed by atoms with van der Waals surface area (Å²) in [6.07, 6.45) is 3.37. The lowest BCUT2D eigenvalue weighted by Gasteiger charge is -2.09. The van der Waals surface area contributed by atoms with Gasteiger partial charge < -0.3 is 11.1 Å². The number of nitrogen functional groups attached to an aromatic ring is 1. The van der Waals surface area contributed by atoms with E-state index in [1.807, 2.05) is 6.07 Å². The Kier molecular flexibility index (Phi) is 3.23. The zero-order valence-electron chi connectivity index (χ0n) is 7.90. The smallest absolute Gasteiger partial charge is 0.0752 e. The second-order valence-corrected chi connectivity index (χ2v) is 4.91. The molecular weight excluding hydrogens is 274 g/mol. The Morgan fingerprint density at radius 1 is 1.47 bits per heavy atom. The van der Waals surface area contributed by atoms with Gasteiger partial charge in [0, 0.05) is 17.6 Å². The number of thiophene rings is 1. The monoisotopic (exact) mass is 283 g/mol. The number of halogens is 1. The molecule has 0 aliphatic heterocycles. The molecule has 0 amide bonds. The molecule has 0 spiro atoms. The molecule has 0 aliphatic carbocycles. The van der Waals surface area contributed by atoms with Gasteiger partial charge in [0.2, 0.25) is 0 Å². The number of nitrogens with two attached hydrogens (primary N) is 1. The summed E-state index contributed by atoms with van der Waals surface area (Å²) in [6, 6.07) is 4.12. The van der Waals surface area contributed by atoms with Crippen molar-refractivity contribution in [3.63, 3.8) is 0 Å². The molecular formula is C10H10BrN3S. The highest BCUT2D eigenvalue weighted by Gasteiger charge is 2.04. The molecule has 3 nitrogen and oxygen atoms in total. The molecule has 0 atom stereocenters. The number of hydrogen-bond acceptors (Lipinski definition) is 4. The van der Waals surface area contributed by atoms with Crippen LogP contribution in [0, 0.1) is 0 Å². The van der Waals surface area contributed by atoms with E-state index in [-0.39, 0.29) is 0 Å². The SMILES string of the molecule is Nc1cncc(Br)c1NCc1cccs1. The van der Waals surface area contributed by atoms with Crippen molar-refractivity contribution in [1.29, 1.82) is 0 Å². The summed E-state index contributed by atoms with van der Waals surface area (Å²) in [6.45, 7) is 0.782. The molecule has 2 aromatic rings. The number of hydrogen-bond donors (Lipinski definition) is 2. The summed E-state index contributed by atoms with van der Waals surface area (Å²) in [4.78, 5) is 5.26. The van der Waals surface area contributed by atoms with E-state index in [0.717, 1.165) is 16.7 Å².